The summed E-state index contributed by atoms with van der Waals surface area (Å²) in [5.41, 5.74) is 5.75. The summed E-state index contributed by atoms with van der Waals surface area (Å²) in [6.07, 6.45) is 8.44. The van der Waals surface area contributed by atoms with Crippen LogP contribution in [0.4, 0.5) is 0 Å². The quantitative estimate of drug-likeness (QED) is 0.501. The highest BCUT2D eigenvalue weighted by molar-refractivity contribution is 7.12. The van der Waals surface area contributed by atoms with Gasteiger partial charge in [-0.3, -0.25) is 14.6 Å². The average Bonchev–Trinajstić information content (AvgIpc) is 3.02. The number of rotatable bonds is 6. The number of nitrogens with zero attached hydrogens (tertiary/aromatic N) is 1. The zero-order chi connectivity index (χ0) is 23.2. The summed E-state index contributed by atoms with van der Waals surface area (Å²) in [7, 11) is 0. The van der Waals surface area contributed by atoms with Crippen LogP contribution in [0.2, 0.25) is 0 Å². The number of Topliss-reactive ketones (excluding diaryl/α,β-unsaturated/α-hetero) is 1. The van der Waals surface area contributed by atoms with Crippen LogP contribution in [-0.2, 0) is 11.2 Å². The summed E-state index contributed by atoms with van der Waals surface area (Å²) < 4.78 is 0. The van der Waals surface area contributed by atoms with Crippen LogP contribution in [0.15, 0.2) is 48.8 Å². The molecule has 1 spiro atoms. The van der Waals surface area contributed by atoms with E-state index in [4.69, 9.17) is 0 Å². The minimum Gasteiger partial charge on any atom is -0.349 e. The molecule has 1 amide bonds. The third kappa shape index (κ3) is 4.26. The highest BCUT2D eigenvalue weighted by atomic mass is 32.1. The molecule has 2 aliphatic rings. The highest BCUT2D eigenvalue weighted by Crippen LogP contribution is 2.58. The van der Waals surface area contributed by atoms with Gasteiger partial charge in [0.2, 0.25) is 0 Å². The fourth-order valence-corrected chi connectivity index (χ4v) is 6.82. The number of benzene rings is 1. The van der Waals surface area contributed by atoms with Gasteiger partial charge in [0.25, 0.3) is 5.91 Å². The van der Waals surface area contributed by atoms with Gasteiger partial charge >= 0.3 is 0 Å². The van der Waals surface area contributed by atoms with E-state index < -0.39 is 0 Å². The highest BCUT2D eigenvalue weighted by Gasteiger charge is 2.54. The maximum atomic E-state index is 13.3. The number of pyridine rings is 1. The molecule has 2 saturated carbocycles. The Kier molecular flexibility index (Phi) is 5.69. The topological polar surface area (TPSA) is 59.1 Å². The van der Waals surface area contributed by atoms with Crippen LogP contribution in [0.3, 0.4) is 0 Å². The SMILES string of the molecule is CC(=O)C1CC2(CC(NC(=O)c3c(C)sc(C)c3Cc3ccc(-c4cccnc4)cc3)C2)C1. The minimum atomic E-state index is 0.0566. The molecule has 0 radical (unpaired) electrons. The first-order valence-corrected chi connectivity index (χ1v) is 12.5. The zero-order valence-corrected chi connectivity index (χ0v) is 20.3. The minimum absolute atomic E-state index is 0.0566. The van der Waals surface area contributed by atoms with Crippen molar-refractivity contribution in [1.29, 1.82) is 0 Å². The Balaban J connectivity index is 1.26. The molecule has 0 aliphatic heterocycles. The van der Waals surface area contributed by atoms with Crippen LogP contribution in [0.1, 0.15) is 63.8 Å². The van der Waals surface area contributed by atoms with Crippen molar-refractivity contribution < 1.29 is 9.59 Å². The molecular weight excluding hydrogens is 428 g/mol. The van der Waals surface area contributed by atoms with Gasteiger partial charge in [0, 0.05) is 34.1 Å². The fraction of sp³-hybridized carbons (Fsp3) is 0.393. The molecule has 5 heteroatoms. The predicted molar refractivity (Wildman–Crippen MR) is 133 cm³/mol. The first kappa shape index (κ1) is 22.0. The molecule has 5 rings (SSSR count). The van der Waals surface area contributed by atoms with Crippen molar-refractivity contribution in [2.45, 2.75) is 58.9 Å². The van der Waals surface area contributed by atoms with E-state index in [0.29, 0.717) is 11.2 Å². The Morgan fingerprint density at radius 3 is 2.39 bits per heavy atom. The maximum absolute atomic E-state index is 13.3. The van der Waals surface area contributed by atoms with Crippen LogP contribution in [-0.4, -0.2) is 22.7 Å². The van der Waals surface area contributed by atoms with E-state index in [2.05, 4.69) is 47.6 Å². The molecule has 0 bridgehead atoms. The molecular formula is C28H30N2O2S. The van der Waals surface area contributed by atoms with Gasteiger partial charge in [-0.15, -0.1) is 11.3 Å². The Labute approximate surface area is 199 Å². The lowest BCUT2D eigenvalue weighted by atomic mass is 9.49. The number of hydrogen-bond acceptors (Lipinski definition) is 4. The largest absolute Gasteiger partial charge is 0.349 e. The number of aromatic nitrogens is 1. The molecule has 1 N–H and O–H groups in total. The molecule has 1 aromatic carbocycles. The number of nitrogens with one attached hydrogen (secondary N) is 1. The number of aryl methyl sites for hydroxylation is 2. The lowest BCUT2D eigenvalue weighted by molar-refractivity contribution is -0.134. The fourth-order valence-electron chi connectivity index (χ4n) is 5.74. The van der Waals surface area contributed by atoms with Crippen molar-refractivity contribution >= 4 is 23.0 Å². The Morgan fingerprint density at radius 1 is 1.03 bits per heavy atom. The van der Waals surface area contributed by atoms with Gasteiger partial charge in [-0.2, -0.15) is 0 Å². The van der Waals surface area contributed by atoms with Gasteiger partial charge < -0.3 is 5.32 Å². The van der Waals surface area contributed by atoms with Gasteiger partial charge in [0.15, 0.2) is 0 Å². The van der Waals surface area contributed by atoms with Crippen molar-refractivity contribution in [3.63, 3.8) is 0 Å². The van der Waals surface area contributed by atoms with Crippen LogP contribution >= 0.6 is 11.3 Å². The van der Waals surface area contributed by atoms with E-state index in [1.165, 1.54) is 10.4 Å². The number of carbonyl (C=O) groups is 2. The number of hydrogen-bond donors (Lipinski definition) is 1. The van der Waals surface area contributed by atoms with Gasteiger partial charge in [-0.1, -0.05) is 30.3 Å². The van der Waals surface area contributed by atoms with Crippen LogP contribution in [0.25, 0.3) is 11.1 Å². The van der Waals surface area contributed by atoms with E-state index in [1.54, 1.807) is 24.5 Å². The second kappa shape index (κ2) is 8.53. The van der Waals surface area contributed by atoms with Crippen molar-refractivity contribution in [2.75, 3.05) is 0 Å². The molecule has 2 aromatic heterocycles. The second-order valence-electron chi connectivity index (χ2n) is 9.98. The Hall–Kier alpha value is -2.79. The summed E-state index contributed by atoms with van der Waals surface area (Å²) in [4.78, 5) is 31.3. The summed E-state index contributed by atoms with van der Waals surface area (Å²) in [5.74, 6) is 0.622. The van der Waals surface area contributed by atoms with Crippen molar-refractivity contribution in [3.8, 4) is 11.1 Å². The summed E-state index contributed by atoms with van der Waals surface area (Å²) >= 11 is 1.71. The molecule has 0 saturated heterocycles. The number of carbonyl (C=O) groups excluding carboxylic acids is 2. The lowest BCUT2D eigenvalue weighted by Crippen LogP contribution is -2.57. The van der Waals surface area contributed by atoms with E-state index in [0.717, 1.165) is 59.2 Å². The van der Waals surface area contributed by atoms with E-state index in [9.17, 15) is 9.59 Å². The molecule has 3 aromatic rings. The first-order valence-electron chi connectivity index (χ1n) is 11.7. The molecule has 33 heavy (non-hydrogen) atoms. The molecule has 2 aliphatic carbocycles. The first-order chi connectivity index (χ1) is 15.8. The summed E-state index contributed by atoms with van der Waals surface area (Å²) in [6, 6.07) is 12.8. The summed E-state index contributed by atoms with van der Waals surface area (Å²) in [5, 5.41) is 3.29. The normalized spacial score (nSPS) is 23.6. The third-order valence-electron chi connectivity index (χ3n) is 7.57. The zero-order valence-electron chi connectivity index (χ0n) is 19.5. The number of thiophene rings is 1. The molecule has 0 atom stereocenters. The smallest absolute Gasteiger partial charge is 0.252 e. The number of ketones is 1. The standard InChI is InChI=1S/C28H30N2O2S/c1-17(31)23-12-28(13-23)14-24(15-28)30-27(32)26-19(3)33-18(2)25(26)11-20-6-8-21(9-7-20)22-5-4-10-29-16-22/h4-10,16,23-24H,11-15H2,1-3H3,(H,30,32). The maximum Gasteiger partial charge on any atom is 0.252 e. The summed E-state index contributed by atoms with van der Waals surface area (Å²) in [6.45, 7) is 5.86. The molecule has 2 heterocycles. The van der Waals surface area contributed by atoms with Crippen LogP contribution in [0, 0.1) is 25.2 Å². The van der Waals surface area contributed by atoms with Gasteiger partial charge in [0.05, 0.1) is 5.56 Å². The molecule has 0 unspecified atom stereocenters. The van der Waals surface area contributed by atoms with Crippen molar-refractivity contribution in [2.24, 2.45) is 11.3 Å². The van der Waals surface area contributed by atoms with E-state index in [1.807, 2.05) is 19.2 Å². The molecule has 2 fully saturated rings. The van der Waals surface area contributed by atoms with Crippen LogP contribution in [0.5, 0.6) is 0 Å². The van der Waals surface area contributed by atoms with Crippen molar-refractivity contribution in [3.05, 3.63) is 75.2 Å². The van der Waals surface area contributed by atoms with Gasteiger partial charge in [0.1, 0.15) is 5.78 Å². The van der Waals surface area contributed by atoms with E-state index in [-0.39, 0.29) is 17.9 Å². The Morgan fingerprint density at radius 2 is 1.76 bits per heavy atom. The predicted octanol–water partition coefficient (Wildman–Crippen LogP) is 5.90. The third-order valence-corrected chi connectivity index (χ3v) is 8.63. The molecule has 4 nitrogen and oxygen atoms in total. The van der Waals surface area contributed by atoms with Gasteiger partial charge in [-0.25, -0.2) is 0 Å². The van der Waals surface area contributed by atoms with E-state index >= 15 is 0 Å². The second-order valence-corrected chi connectivity index (χ2v) is 11.4. The Bertz CT molecular complexity index is 1180. The average molecular weight is 459 g/mol. The van der Waals surface area contributed by atoms with Gasteiger partial charge in [-0.05, 0) is 86.6 Å². The van der Waals surface area contributed by atoms with Crippen LogP contribution < -0.4 is 5.32 Å². The lowest BCUT2D eigenvalue weighted by Gasteiger charge is -2.57. The monoisotopic (exact) mass is 458 g/mol. The molecule has 170 valence electrons. The van der Waals surface area contributed by atoms with Crippen molar-refractivity contribution in [1.82, 2.24) is 10.3 Å². The number of amides is 1.